The predicted octanol–water partition coefficient (Wildman–Crippen LogP) is 2.00. The van der Waals surface area contributed by atoms with Gasteiger partial charge in [-0.15, -0.1) is 0 Å². The molecule has 6 heteroatoms. The Morgan fingerprint density at radius 2 is 2.00 bits per heavy atom. The molecular weight excluding hydrogens is 274 g/mol. The number of aliphatic carboxylic acids is 1. The molecule has 0 amide bonds. The summed E-state index contributed by atoms with van der Waals surface area (Å²) in [5, 5.41) is 9.18. The van der Waals surface area contributed by atoms with Crippen LogP contribution in [0.2, 0.25) is 0 Å². The molecule has 5 nitrogen and oxygen atoms in total. The van der Waals surface area contributed by atoms with Crippen LogP contribution in [0.5, 0.6) is 0 Å². The van der Waals surface area contributed by atoms with Crippen LogP contribution in [0.4, 0.5) is 0 Å². The second-order valence-corrected chi connectivity index (χ2v) is 6.45. The van der Waals surface area contributed by atoms with E-state index in [9.17, 15) is 9.90 Å². The highest BCUT2D eigenvalue weighted by Crippen LogP contribution is 2.28. The summed E-state index contributed by atoms with van der Waals surface area (Å²) in [6.45, 7) is 6.47. The zero-order chi connectivity index (χ0) is 14.9. The normalized spacial score (nSPS) is 21.7. The van der Waals surface area contributed by atoms with Crippen LogP contribution in [0.3, 0.4) is 0 Å². The first-order chi connectivity index (χ1) is 9.41. The molecule has 0 aromatic carbocycles. The number of nitrogens with zero attached hydrogens (tertiary/aromatic N) is 3. The van der Waals surface area contributed by atoms with Crippen molar-refractivity contribution in [3.8, 4) is 0 Å². The lowest BCUT2D eigenvalue weighted by Crippen LogP contribution is -2.34. The fourth-order valence-corrected chi connectivity index (χ4v) is 3.82. The Kier molecular flexibility index (Phi) is 4.65. The maximum Gasteiger partial charge on any atom is 0.310 e. The molecule has 0 bridgehead atoms. The number of rotatable bonds is 3. The third kappa shape index (κ3) is 2.96. The minimum atomic E-state index is -0.835. The third-order valence-electron chi connectivity index (χ3n) is 3.84. The Balaban J connectivity index is 2.37. The smallest absolute Gasteiger partial charge is 0.310 e. The zero-order valence-electron chi connectivity index (χ0n) is 12.4. The van der Waals surface area contributed by atoms with E-state index < -0.39 is 11.9 Å². The summed E-state index contributed by atoms with van der Waals surface area (Å²) in [5.41, 5.74) is 2.31. The average molecular weight is 295 g/mol. The molecule has 2 rings (SSSR count). The SMILES string of the molecule is Cc1nc(C2CSCCN2C)nc(C)c1C(C)C(=O)O. The first-order valence-corrected chi connectivity index (χ1v) is 7.93. The molecule has 2 atom stereocenters. The molecule has 110 valence electrons. The van der Waals surface area contributed by atoms with E-state index in [-0.39, 0.29) is 6.04 Å². The number of hydrogen-bond donors (Lipinski definition) is 1. The molecule has 1 aromatic heterocycles. The van der Waals surface area contributed by atoms with Gasteiger partial charge in [0.05, 0.1) is 12.0 Å². The summed E-state index contributed by atoms with van der Waals surface area (Å²) < 4.78 is 0. The first-order valence-electron chi connectivity index (χ1n) is 6.77. The van der Waals surface area contributed by atoms with E-state index in [1.54, 1.807) is 6.92 Å². The summed E-state index contributed by atoms with van der Waals surface area (Å²) in [5.74, 6) is 1.54. The molecule has 1 aromatic rings. The summed E-state index contributed by atoms with van der Waals surface area (Å²) in [6, 6.07) is 0.223. The number of thioether (sulfide) groups is 1. The van der Waals surface area contributed by atoms with E-state index in [0.717, 1.165) is 40.8 Å². The molecule has 0 spiro atoms. The van der Waals surface area contributed by atoms with E-state index in [1.807, 2.05) is 25.6 Å². The Labute approximate surface area is 123 Å². The fraction of sp³-hybridized carbons (Fsp3) is 0.643. The third-order valence-corrected chi connectivity index (χ3v) is 4.86. The van der Waals surface area contributed by atoms with Gasteiger partial charge in [-0.3, -0.25) is 9.69 Å². The van der Waals surface area contributed by atoms with Gasteiger partial charge in [0.1, 0.15) is 5.82 Å². The molecule has 1 saturated heterocycles. The van der Waals surface area contributed by atoms with Gasteiger partial charge in [-0.05, 0) is 27.8 Å². The highest BCUT2D eigenvalue weighted by molar-refractivity contribution is 7.99. The van der Waals surface area contributed by atoms with Crippen molar-refractivity contribution in [2.75, 3.05) is 25.1 Å². The Morgan fingerprint density at radius 1 is 1.40 bits per heavy atom. The van der Waals surface area contributed by atoms with E-state index in [1.165, 1.54) is 0 Å². The fourth-order valence-electron chi connectivity index (χ4n) is 2.61. The van der Waals surface area contributed by atoms with Crippen molar-refractivity contribution in [3.05, 3.63) is 22.8 Å². The standard InChI is InChI=1S/C14H21N3O2S/c1-8(14(18)19)12-9(2)15-13(16-10(12)3)11-7-20-6-5-17(11)4/h8,11H,5-7H2,1-4H3,(H,18,19). The van der Waals surface area contributed by atoms with E-state index in [4.69, 9.17) is 0 Å². The van der Waals surface area contributed by atoms with Crippen LogP contribution >= 0.6 is 11.8 Å². The second-order valence-electron chi connectivity index (χ2n) is 5.30. The van der Waals surface area contributed by atoms with Crippen LogP contribution < -0.4 is 0 Å². The average Bonchev–Trinajstić information content (AvgIpc) is 2.38. The van der Waals surface area contributed by atoms with Gasteiger partial charge in [0.15, 0.2) is 0 Å². The molecule has 0 saturated carbocycles. The van der Waals surface area contributed by atoms with Crippen molar-refractivity contribution in [3.63, 3.8) is 0 Å². The number of hydrogen-bond acceptors (Lipinski definition) is 5. The number of carbonyl (C=O) groups is 1. The molecule has 2 heterocycles. The van der Waals surface area contributed by atoms with Crippen LogP contribution in [0.25, 0.3) is 0 Å². The van der Waals surface area contributed by atoms with Crippen LogP contribution in [0.15, 0.2) is 0 Å². The van der Waals surface area contributed by atoms with Gasteiger partial charge < -0.3 is 5.11 Å². The molecule has 1 aliphatic rings. The maximum atomic E-state index is 11.2. The molecule has 2 unspecified atom stereocenters. The minimum Gasteiger partial charge on any atom is -0.481 e. The second kappa shape index (κ2) is 6.10. The number of aryl methyl sites for hydroxylation is 2. The van der Waals surface area contributed by atoms with Crippen LogP contribution in [-0.4, -0.2) is 51.0 Å². The minimum absolute atomic E-state index is 0.223. The Hall–Kier alpha value is -1.14. The van der Waals surface area contributed by atoms with E-state index in [2.05, 4.69) is 21.9 Å². The highest BCUT2D eigenvalue weighted by Gasteiger charge is 2.26. The summed E-state index contributed by atoms with van der Waals surface area (Å²) in [7, 11) is 2.09. The van der Waals surface area contributed by atoms with Crippen molar-refractivity contribution in [2.45, 2.75) is 32.7 Å². The number of aromatic nitrogens is 2. The van der Waals surface area contributed by atoms with Crippen molar-refractivity contribution in [2.24, 2.45) is 0 Å². The van der Waals surface area contributed by atoms with Gasteiger partial charge in [-0.1, -0.05) is 0 Å². The number of carboxylic acids is 1. The number of carboxylic acid groups (broad SMARTS) is 1. The predicted molar refractivity (Wildman–Crippen MR) is 80.3 cm³/mol. The maximum absolute atomic E-state index is 11.2. The lowest BCUT2D eigenvalue weighted by Gasteiger charge is -2.31. The van der Waals surface area contributed by atoms with Crippen molar-refractivity contribution >= 4 is 17.7 Å². The van der Waals surface area contributed by atoms with E-state index in [0.29, 0.717) is 0 Å². The Bertz CT molecular complexity index is 498. The monoisotopic (exact) mass is 295 g/mol. The highest BCUT2D eigenvalue weighted by atomic mass is 32.2. The van der Waals surface area contributed by atoms with Gasteiger partial charge >= 0.3 is 5.97 Å². The molecule has 1 N–H and O–H groups in total. The van der Waals surface area contributed by atoms with Crippen LogP contribution in [-0.2, 0) is 4.79 Å². The first kappa shape index (κ1) is 15.3. The van der Waals surface area contributed by atoms with Crippen molar-refractivity contribution in [1.82, 2.24) is 14.9 Å². The molecule has 0 radical (unpaired) electrons. The molecule has 0 aliphatic carbocycles. The van der Waals surface area contributed by atoms with Crippen LogP contribution in [0.1, 0.15) is 41.7 Å². The van der Waals surface area contributed by atoms with Crippen LogP contribution in [0, 0.1) is 13.8 Å². The van der Waals surface area contributed by atoms with E-state index >= 15 is 0 Å². The quantitative estimate of drug-likeness (QED) is 0.920. The molecule has 20 heavy (non-hydrogen) atoms. The van der Waals surface area contributed by atoms with Gasteiger partial charge in [0.2, 0.25) is 0 Å². The lowest BCUT2D eigenvalue weighted by atomic mass is 9.98. The van der Waals surface area contributed by atoms with Gasteiger partial charge in [0.25, 0.3) is 0 Å². The Morgan fingerprint density at radius 3 is 2.50 bits per heavy atom. The van der Waals surface area contributed by atoms with Gasteiger partial charge in [-0.25, -0.2) is 9.97 Å². The summed E-state index contributed by atoms with van der Waals surface area (Å²) in [4.78, 5) is 22.6. The van der Waals surface area contributed by atoms with Crippen molar-refractivity contribution < 1.29 is 9.90 Å². The van der Waals surface area contributed by atoms with Gasteiger partial charge in [-0.2, -0.15) is 11.8 Å². The summed E-state index contributed by atoms with van der Waals surface area (Å²) in [6.07, 6.45) is 0. The molecule has 1 aliphatic heterocycles. The molecule has 1 fully saturated rings. The van der Waals surface area contributed by atoms with Crippen molar-refractivity contribution in [1.29, 1.82) is 0 Å². The summed E-state index contributed by atoms with van der Waals surface area (Å²) >= 11 is 1.91. The topological polar surface area (TPSA) is 66.3 Å². The largest absolute Gasteiger partial charge is 0.481 e. The molecular formula is C14H21N3O2S. The lowest BCUT2D eigenvalue weighted by molar-refractivity contribution is -0.138. The zero-order valence-corrected chi connectivity index (χ0v) is 13.2. The van der Waals surface area contributed by atoms with Gasteiger partial charge in [0, 0.05) is 35.0 Å².